The van der Waals surface area contributed by atoms with Crippen molar-refractivity contribution in [2.24, 2.45) is 0 Å². The van der Waals surface area contributed by atoms with Crippen molar-refractivity contribution in [3.63, 3.8) is 0 Å². The van der Waals surface area contributed by atoms with Crippen LogP contribution in [0.3, 0.4) is 0 Å². The van der Waals surface area contributed by atoms with E-state index in [2.05, 4.69) is 4.98 Å². The van der Waals surface area contributed by atoms with Gasteiger partial charge in [0.05, 0.1) is 22.9 Å². The van der Waals surface area contributed by atoms with Crippen molar-refractivity contribution >= 4 is 28.8 Å². The van der Waals surface area contributed by atoms with Gasteiger partial charge in [-0.25, -0.2) is 14.4 Å². The first-order chi connectivity index (χ1) is 16.1. The number of anilines is 1. The molecule has 0 spiro atoms. The summed E-state index contributed by atoms with van der Waals surface area (Å²) >= 11 is 6.33. The van der Waals surface area contributed by atoms with Crippen molar-refractivity contribution in [2.75, 3.05) is 25.9 Å². The molecule has 2 atom stereocenters. The number of benzene rings is 1. The van der Waals surface area contributed by atoms with Crippen molar-refractivity contribution < 1.29 is 18.7 Å². The molecular weight excluding hydrogens is 461 g/mol. The quantitative estimate of drug-likeness (QED) is 0.557. The van der Waals surface area contributed by atoms with E-state index in [9.17, 15) is 4.79 Å². The summed E-state index contributed by atoms with van der Waals surface area (Å²) in [6, 6.07) is 1.51. The van der Waals surface area contributed by atoms with Crippen molar-refractivity contribution in [3.8, 4) is 5.75 Å². The number of hydrogen-bond acceptors (Lipinski definition) is 6. The number of hydrogen-bond donors (Lipinski definition) is 1. The van der Waals surface area contributed by atoms with Crippen LogP contribution in [0.2, 0.25) is 5.02 Å². The molecule has 3 heterocycles. The number of ether oxygens (including phenoxy) is 2. The van der Waals surface area contributed by atoms with E-state index in [1.54, 1.807) is 24.4 Å². The van der Waals surface area contributed by atoms with Crippen LogP contribution in [0, 0.1) is 12.7 Å². The Labute approximate surface area is 202 Å². The van der Waals surface area contributed by atoms with Crippen molar-refractivity contribution in [2.45, 2.75) is 52.2 Å². The second-order valence-electron chi connectivity index (χ2n) is 8.84. The lowest BCUT2D eigenvalue weighted by molar-refractivity contribution is 0.0713. The number of imidazole rings is 1. The summed E-state index contributed by atoms with van der Waals surface area (Å²) in [5, 5.41) is -0.150. The molecule has 0 aliphatic carbocycles. The molecule has 0 bridgehead atoms. The Morgan fingerprint density at radius 2 is 2.09 bits per heavy atom. The van der Waals surface area contributed by atoms with Gasteiger partial charge < -0.3 is 20.1 Å². The first kappa shape index (κ1) is 24.2. The van der Waals surface area contributed by atoms with E-state index < -0.39 is 17.6 Å². The Bertz CT molecular complexity index is 1250. The number of carbonyl (C=O) groups is 1. The van der Waals surface area contributed by atoms with E-state index in [1.165, 1.54) is 6.07 Å². The molecule has 1 saturated heterocycles. The number of nitrogens with two attached hydrogens (primary N) is 1. The van der Waals surface area contributed by atoms with E-state index in [1.807, 2.05) is 32.1 Å². The first-order valence-electron chi connectivity index (χ1n) is 11.2. The minimum atomic E-state index is -0.795. The summed E-state index contributed by atoms with van der Waals surface area (Å²) in [7, 11) is 1.60. The summed E-state index contributed by atoms with van der Waals surface area (Å²) in [5.41, 5.74) is 7.88. The number of amides is 1. The molecule has 1 aliphatic rings. The Balaban J connectivity index is 1.88. The Morgan fingerprint density at radius 1 is 1.35 bits per heavy atom. The summed E-state index contributed by atoms with van der Waals surface area (Å²) in [5.74, 6) is -0.479. The molecule has 182 valence electrons. The van der Waals surface area contributed by atoms with Gasteiger partial charge in [0.2, 0.25) is 0 Å². The molecule has 2 N–H and O–H groups in total. The largest absolute Gasteiger partial charge is 0.490 e. The Kier molecular flexibility index (Phi) is 6.69. The minimum absolute atomic E-state index is 0.0858. The highest BCUT2D eigenvalue weighted by atomic mass is 35.5. The molecule has 4 rings (SSSR count). The third-order valence-corrected chi connectivity index (χ3v) is 6.45. The minimum Gasteiger partial charge on any atom is -0.490 e. The lowest BCUT2D eigenvalue weighted by Gasteiger charge is -2.24. The van der Waals surface area contributed by atoms with Gasteiger partial charge in [0, 0.05) is 44.1 Å². The second kappa shape index (κ2) is 9.38. The molecule has 1 aliphatic heterocycles. The number of nitrogens with zero attached hydrogens (tertiary/aromatic N) is 4. The number of nitrogen functional groups attached to an aromatic ring is 1. The summed E-state index contributed by atoms with van der Waals surface area (Å²) in [6.07, 6.45) is 3.66. The van der Waals surface area contributed by atoms with E-state index in [0.717, 1.165) is 0 Å². The summed E-state index contributed by atoms with van der Waals surface area (Å²) in [6.45, 7) is 8.25. The summed E-state index contributed by atoms with van der Waals surface area (Å²) < 4.78 is 28.7. The van der Waals surface area contributed by atoms with Crippen LogP contribution in [-0.2, 0) is 4.74 Å². The van der Waals surface area contributed by atoms with E-state index in [0.29, 0.717) is 47.9 Å². The van der Waals surface area contributed by atoms with Gasteiger partial charge in [-0.1, -0.05) is 18.5 Å². The lowest BCUT2D eigenvalue weighted by atomic mass is 9.95. The standard InChI is InChI=1S/C24H29ClFN5O3/c1-12(2)34-21-16(13(3)23-29-14(4)20-22(27)28-7-9-31(20)23)10-17(25)19(26)18(21)24(32)30-8-6-15(11-30)33-5/h7,9-10,12-13,15H,6,8,11H2,1-5H3,(H2,27,28)/t13-,15?/m0/s1. The van der Waals surface area contributed by atoms with E-state index >= 15 is 4.39 Å². The van der Waals surface area contributed by atoms with Gasteiger partial charge in [0.15, 0.2) is 5.82 Å². The Hall–Kier alpha value is -2.91. The van der Waals surface area contributed by atoms with Gasteiger partial charge in [-0.15, -0.1) is 0 Å². The lowest BCUT2D eigenvalue weighted by Crippen LogP contribution is -2.31. The van der Waals surface area contributed by atoms with Gasteiger partial charge in [0.25, 0.3) is 5.91 Å². The highest BCUT2D eigenvalue weighted by Gasteiger charge is 2.34. The van der Waals surface area contributed by atoms with Crippen molar-refractivity contribution in [1.82, 2.24) is 19.3 Å². The third-order valence-electron chi connectivity index (χ3n) is 6.17. The van der Waals surface area contributed by atoms with Crippen LogP contribution in [0.4, 0.5) is 10.2 Å². The normalized spacial score (nSPS) is 17.1. The van der Waals surface area contributed by atoms with Crippen LogP contribution < -0.4 is 10.5 Å². The zero-order valence-corrected chi connectivity index (χ0v) is 20.7. The molecule has 0 saturated carbocycles. The molecule has 34 heavy (non-hydrogen) atoms. The van der Waals surface area contributed by atoms with Gasteiger partial charge in [-0.2, -0.15) is 0 Å². The van der Waals surface area contributed by atoms with Gasteiger partial charge in [-0.05, 0) is 33.3 Å². The molecule has 10 heteroatoms. The fourth-order valence-electron chi connectivity index (χ4n) is 4.48. The van der Waals surface area contributed by atoms with E-state index in [4.69, 9.17) is 31.8 Å². The monoisotopic (exact) mass is 489 g/mol. The fourth-order valence-corrected chi connectivity index (χ4v) is 4.69. The van der Waals surface area contributed by atoms with Crippen molar-refractivity contribution in [3.05, 3.63) is 51.9 Å². The number of halogens is 2. The number of fused-ring (bicyclic) bond motifs is 1. The van der Waals surface area contributed by atoms with Crippen molar-refractivity contribution in [1.29, 1.82) is 0 Å². The SMILES string of the molecule is COC1CCN(C(=O)c2c(F)c(Cl)cc([C@H](C)c3nc(C)c4c(N)nccn34)c2OC(C)C)C1. The topological polar surface area (TPSA) is 95.0 Å². The first-order valence-corrected chi connectivity index (χ1v) is 11.6. The molecule has 1 unspecified atom stereocenters. The highest BCUT2D eigenvalue weighted by molar-refractivity contribution is 6.31. The van der Waals surface area contributed by atoms with E-state index in [-0.39, 0.29) is 28.5 Å². The van der Waals surface area contributed by atoms with Crippen LogP contribution in [0.15, 0.2) is 18.5 Å². The number of aromatic nitrogens is 3. The maximum absolute atomic E-state index is 15.4. The van der Waals surface area contributed by atoms with Crippen LogP contribution in [-0.4, -0.2) is 57.6 Å². The highest BCUT2D eigenvalue weighted by Crippen LogP contribution is 2.40. The number of rotatable bonds is 6. The van der Waals surface area contributed by atoms with Crippen LogP contribution in [0.5, 0.6) is 5.75 Å². The zero-order valence-electron chi connectivity index (χ0n) is 19.9. The van der Waals surface area contributed by atoms with Crippen LogP contribution in [0.1, 0.15) is 60.5 Å². The fraction of sp³-hybridized carbons (Fsp3) is 0.458. The molecule has 8 nitrogen and oxygen atoms in total. The molecule has 2 aromatic heterocycles. The Morgan fingerprint density at radius 3 is 2.74 bits per heavy atom. The second-order valence-corrected chi connectivity index (χ2v) is 9.25. The molecule has 1 amide bonds. The molecular formula is C24H29ClFN5O3. The van der Waals surface area contributed by atoms with Gasteiger partial charge >= 0.3 is 0 Å². The molecule has 3 aromatic rings. The number of carbonyl (C=O) groups excluding carboxylic acids is 1. The molecule has 0 radical (unpaired) electrons. The third kappa shape index (κ3) is 4.18. The number of aryl methyl sites for hydroxylation is 1. The molecule has 1 fully saturated rings. The predicted octanol–water partition coefficient (Wildman–Crippen LogP) is 4.21. The predicted molar refractivity (Wildman–Crippen MR) is 128 cm³/mol. The zero-order chi connectivity index (χ0) is 24.7. The number of methoxy groups -OCH3 is 1. The number of likely N-dealkylation sites (tertiary alicyclic amines) is 1. The molecule has 1 aromatic carbocycles. The summed E-state index contributed by atoms with van der Waals surface area (Å²) in [4.78, 5) is 23.9. The van der Waals surface area contributed by atoms with Gasteiger partial charge in [0.1, 0.15) is 28.5 Å². The smallest absolute Gasteiger partial charge is 0.260 e. The average molecular weight is 490 g/mol. The average Bonchev–Trinajstić information content (AvgIpc) is 3.40. The van der Waals surface area contributed by atoms with Crippen LogP contribution >= 0.6 is 11.6 Å². The maximum Gasteiger partial charge on any atom is 0.260 e. The maximum atomic E-state index is 15.4. The van der Waals surface area contributed by atoms with Crippen LogP contribution in [0.25, 0.3) is 5.52 Å². The van der Waals surface area contributed by atoms with Gasteiger partial charge in [-0.3, -0.25) is 9.20 Å².